The van der Waals surface area contributed by atoms with Crippen LogP contribution >= 0.6 is 0 Å². The number of urea groups is 1. The summed E-state index contributed by atoms with van der Waals surface area (Å²) in [6.07, 6.45) is 0.980. The Bertz CT molecular complexity index is 472. The van der Waals surface area contributed by atoms with E-state index in [1.165, 1.54) is 0 Å². The summed E-state index contributed by atoms with van der Waals surface area (Å²) in [4.78, 5) is 28.2. The quantitative estimate of drug-likeness (QED) is 0.746. The average molecular weight is 298 g/mol. The zero-order chi connectivity index (χ0) is 15.8. The smallest absolute Gasteiger partial charge is 0.317 e. The fourth-order valence-electron chi connectivity index (χ4n) is 1.82. The predicted octanol–water partition coefficient (Wildman–Crippen LogP) is 1.21. The molecule has 0 unspecified atom stereocenters. The minimum Gasteiger partial charge on any atom is -0.481 e. The van der Waals surface area contributed by atoms with Crippen molar-refractivity contribution in [3.63, 3.8) is 0 Å². The molecule has 0 aliphatic rings. The van der Waals surface area contributed by atoms with Crippen molar-refractivity contribution >= 4 is 12.0 Å². The molecule has 2 amide bonds. The van der Waals surface area contributed by atoms with E-state index in [2.05, 4.69) is 15.5 Å². The van der Waals surface area contributed by atoms with Gasteiger partial charge in [-0.05, 0) is 20.3 Å². The third kappa shape index (κ3) is 6.24. The number of aryl methyl sites for hydroxylation is 1. The molecule has 0 spiro atoms. The van der Waals surface area contributed by atoms with Crippen LogP contribution in [0.25, 0.3) is 0 Å². The SMILES string of the molecule is Cc1nc(CCNC(=O)N(CCCC(=O)O)C(C)C)no1. The fourth-order valence-corrected chi connectivity index (χ4v) is 1.82. The highest BCUT2D eigenvalue weighted by Gasteiger charge is 2.16. The number of hydrogen-bond acceptors (Lipinski definition) is 5. The normalized spacial score (nSPS) is 10.7. The maximum absolute atomic E-state index is 12.1. The lowest BCUT2D eigenvalue weighted by molar-refractivity contribution is -0.137. The maximum Gasteiger partial charge on any atom is 0.317 e. The van der Waals surface area contributed by atoms with Gasteiger partial charge in [-0.2, -0.15) is 4.98 Å². The molecular weight excluding hydrogens is 276 g/mol. The molecule has 0 fully saturated rings. The van der Waals surface area contributed by atoms with Crippen LogP contribution < -0.4 is 5.32 Å². The highest BCUT2D eigenvalue weighted by atomic mass is 16.5. The van der Waals surface area contributed by atoms with Crippen LogP contribution in [0.5, 0.6) is 0 Å². The summed E-state index contributed by atoms with van der Waals surface area (Å²) in [6.45, 7) is 6.31. The predicted molar refractivity (Wildman–Crippen MR) is 74.8 cm³/mol. The molecule has 0 radical (unpaired) electrons. The van der Waals surface area contributed by atoms with E-state index in [-0.39, 0.29) is 18.5 Å². The lowest BCUT2D eigenvalue weighted by Crippen LogP contribution is -2.45. The number of rotatable bonds is 8. The molecule has 0 saturated heterocycles. The minimum absolute atomic E-state index is 0.00575. The van der Waals surface area contributed by atoms with Crippen LogP contribution in [-0.2, 0) is 11.2 Å². The highest BCUT2D eigenvalue weighted by Crippen LogP contribution is 2.03. The lowest BCUT2D eigenvalue weighted by Gasteiger charge is -2.26. The van der Waals surface area contributed by atoms with Crippen molar-refractivity contribution in [2.45, 2.75) is 46.1 Å². The number of aromatic nitrogens is 2. The third-order valence-electron chi connectivity index (χ3n) is 2.87. The Labute approximate surface area is 123 Å². The summed E-state index contributed by atoms with van der Waals surface area (Å²) >= 11 is 0. The molecule has 21 heavy (non-hydrogen) atoms. The molecule has 1 rings (SSSR count). The van der Waals surface area contributed by atoms with Gasteiger partial charge in [-0.1, -0.05) is 5.16 Å². The summed E-state index contributed by atoms with van der Waals surface area (Å²) in [5, 5.41) is 15.2. The van der Waals surface area contributed by atoms with Gasteiger partial charge in [-0.25, -0.2) is 4.79 Å². The molecule has 1 heterocycles. The number of nitrogens with zero attached hydrogens (tertiary/aromatic N) is 3. The van der Waals surface area contributed by atoms with Crippen LogP contribution in [-0.4, -0.2) is 51.3 Å². The molecule has 1 aromatic heterocycles. The zero-order valence-corrected chi connectivity index (χ0v) is 12.6. The Morgan fingerprint density at radius 3 is 2.67 bits per heavy atom. The molecule has 1 aromatic rings. The number of amides is 2. The number of nitrogens with one attached hydrogen (secondary N) is 1. The molecule has 2 N–H and O–H groups in total. The first-order chi connectivity index (χ1) is 9.90. The standard InChI is InChI=1S/C13H22N4O4/c1-9(2)17(8-4-5-12(18)19)13(20)14-7-6-11-15-10(3)21-16-11/h9H,4-8H2,1-3H3,(H,14,20)(H,18,19). The summed E-state index contributed by atoms with van der Waals surface area (Å²) in [6, 6.07) is -0.207. The van der Waals surface area contributed by atoms with E-state index in [1.807, 2.05) is 13.8 Å². The van der Waals surface area contributed by atoms with Crippen molar-refractivity contribution in [1.82, 2.24) is 20.4 Å². The fraction of sp³-hybridized carbons (Fsp3) is 0.692. The van der Waals surface area contributed by atoms with Crippen LogP contribution in [0.2, 0.25) is 0 Å². The van der Waals surface area contributed by atoms with Gasteiger partial charge in [0, 0.05) is 38.9 Å². The first-order valence-electron chi connectivity index (χ1n) is 6.95. The van der Waals surface area contributed by atoms with E-state index in [0.29, 0.717) is 37.6 Å². The second-order valence-corrected chi connectivity index (χ2v) is 5.00. The Morgan fingerprint density at radius 1 is 1.43 bits per heavy atom. The van der Waals surface area contributed by atoms with Crippen LogP contribution in [0.15, 0.2) is 4.52 Å². The monoisotopic (exact) mass is 298 g/mol. The van der Waals surface area contributed by atoms with Crippen molar-refractivity contribution in [2.75, 3.05) is 13.1 Å². The lowest BCUT2D eigenvalue weighted by atomic mass is 10.2. The Morgan fingerprint density at radius 2 is 2.14 bits per heavy atom. The van der Waals surface area contributed by atoms with Gasteiger partial charge in [0.2, 0.25) is 5.89 Å². The molecule has 0 saturated carbocycles. The summed E-state index contributed by atoms with van der Waals surface area (Å²) in [5.74, 6) is 0.190. The van der Waals surface area contributed by atoms with E-state index in [9.17, 15) is 9.59 Å². The van der Waals surface area contributed by atoms with Gasteiger partial charge < -0.3 is 19.8 Å². The van der Waals surface area contributed by atoms with Gasteiger partial charge in [0.1, 0.15) is 0 Å². The van der Waals surface area contributed by atoms with Crippen molar-refractivity contribution < 1.29 is 19.2 Å². The molecule has 0 bridgehead atoms. The zero-order valence-electron chi connectivity index (χ0n) is 12.6. The molecule has 8 nitrogen and oxygen atoms in total. The number of carbonyl (C=O) groups excluding carboxylic acids is 1. The van der Waals surface area contributed by atoms with Crippen molar-refractivity contribution in [3.8, 4) is 0 Å². The molecule has 8 heteroatoms. The largest absolute Gasteiger partial charge is 0.481 e. The first kappa shape index (κ1) is 16.9. The van der Waals surface area contributed by atoms with Gasteiger partial charge >= 0.3 is 12.0 Å². The number of aliphatic carboxylic acids is 1. The van der Waals surface area contributed by atoms with Gasteiger partial charge in [-0.3, -0.25) is 4.79 Å². The number of hydrogen-bond donors (Lipinski definition) is 2. The van der Waals surface area contributed by atoms with Crippen LogP contribution in [0.3, 0.4) is 0 Å². The number of carbonyl (C=O) groups is 2. The van der Waals surface area contributed by atoms with Gasteiger partial charge in [0.15, 0.2) is 5.82 Å². The molecular formula is C13H22N4O4. The number of carboxylic acids is 1. The van der Waals surface area contributed by atoms with Gasteiger partial charge in [-0.15, -0.1) is 0 Å². The second kappa shape index (κ2) is 8.23. The van der Waals surface area contributed by atoms with E-state index in [1.54, 1.807) is 11.8 Å². The molecule has 0 aliphatic carbocycles. The van der Waals surface area contributed by atoms with Crippen LogP contribution in [0.4, 0.5) is 4.79 Å². The summed E-state index contributed by atoms with van der Waals surface area (Å²) in [5.41, 5.74) is 0. The third-order valence-corrected chi connectivity index (χ3v) is 2.87. The van der Waals surface area contributed by atoms with Gasteiger partial charge in [0.25, 0.3) is 0 Å². The van der Waals surface area contributed by atoms with E-state index in [0.717, 1.165) is 0 Å². The van der Waals surface area contributed by atoms with Crippen molar-refractivity contribution in [1.29, 1.82) is 0 Å². The summed E-state index contributed by atoms with van der Waals surface area (Å²) in [7, 11) is 0. The first-order valence-corrected chi connectivity index (χ1v) is 6.95. The van der Waals surface area contributed by atoms with E-state index < -0.39 is 5.97 Å². The summed E-state index contributed by atoms with van der Waals surface area (Å²) < 4.78 is 4.84. The maximum atomic E-state index is 12.1. The second-order valence-electron chi connectivity index (χ2n) is 5.00. The van der Waals surface area contributed by atoms with E-state index in [4.69, 9.17) is 9.63 Å². The van der Waals surface area contributed by atoms with E-state index >= 15 is 0 Å². The molecule has 118 valence electrons. The number of carboxylic acid groups (broad SMARTS) is 1. The molecule has 0 atom stereocenters. The topological polar surface area (TPSA) is 109 Å². The minimum atomic E-state index is -0.855. The Hall–Kier alpha value is -2.12. The van der Waals surface area contributed by atoms with Crippen molar-refractivity contribution in [3.05, 3.63) is 11.7 Å². The Balaban J connectivity index is 2.36. The Kier molecular flexibility index (Phi) is 6.64. The molecule has 0 aliphatic heterocycles. The molecule has 0 aromatic carbocycles. The van der Waals surface area contributed by atoms with Crippen LogP contribution in [0, 0.1) is 6.92 Å². The van der Waals surface area contributed by atoms with Crippen molar-refractivity contribution in [2.24, 2.45) is 0 Å². The van der Waals surface area contributed by atoms with Crippen LogP contribution in [0.1, 0.15) is 38.4 Å². The average Bonchev–Trinajstić information content (AvgIpc) is 2.79. The van der Waals surface area contributed by atoms with Gasteiger partial charge in [0.05, 0.1) is 0 Å². The highest BCUT2D eigenvalue weighted by molar-refractivity contribution is 5.74.